The molecule has 0 N–H and O–H groups in total. The number of benzene rings is 1. The zero-order valence-electron chi connectivity index (χ0n) is 10.8. The Balaban J connectivity index is 0. The molecule has 0 amide bonds. The van der Waals surface area contributed by atoms with Gasteiger partial charge in [0.15, 0.2) is 0 Å². The number of hydrogen-bond donors (Lipinski definition) is 0. The fourth-order valence-corrected chi connectivity index (χ4v) is 1.72. The molecule has 0 aliphatic carbocycles. The van der Waals surface area contributed by atoms with Crippen LogP contribution in [0, 0.1) is 0 Å². The summed E-state index contributed by atoms with van der Waals surface area (Å²) in [6, 6.07) is 23.1. The van der Waals surface area contributed by atoms with Gasteiger partial charge in [-0.2, -0.15) is 41.3 Å². The molecule has 3 aromatic carbocycles. The molecule has 0 atom stereocenters. The van der Waals surface area contributed by atoms with Crippen LogP contribution in [0.15, 0.2) is 66.7 Å². The van der Waals surface area contributed by atoms with E-state index in [9.17, 15) is 0 Å². The minimum Gasteiger partial charge on any atom is -1.00 e. The number of hydrogen-bond acceptors (Lipinski definition) is 0. The van der Waals surface area contributed by atoms with Gasteiger partial charge in [-0.05, 0) is 0 Å². The Morgan fingerprint density at radius 3 is 2.21 bits per heavy atom. The van der Waals surface area contributed by atoms with Gasteiger partial charge in [-0.15, -0.1) is 29.7 Å². The maximum Gasteiger partial charge on any atom is 4.00 e. The van der Waals surface area contributed by atoms with Crippen LogP contribution in [0.1, 0.15) is 12.5 Å². The molecule has 0 aromatic heterocycles. The summed E-state index contributed by atoms with van der Waals surface area (Å²) in [5.41, 5.74) is 1.43. The Kier molecular flexibility index (Phi) is 12.6. The fraction of sp³-hybridized carbons (Fsp3) is 0.125. The second-order valence-corrected chi connectivity index (χ2v) is 3.80. The van der Waals surface area contributed by atoms with Gasteiger partial charge < -0.3 is 24.8 Å². The summed E-state index contributed by atoms with van der Waals surface area (Å²) in [4.78, 5) is 0. The normalized spacial score (nSPS) is 8.26. The van der Waals surface area contributed by atoms with E-state index in [1.165, 1.54) is 16.3 Å². The van der Waals surface area contributed by atoms with E-state index in [0.29, 0.717) is 0 Å². The summed E-state index contributed by atoms with van der Waals surface area (Å²) < 4.78 is 0. The molecule has 3 rings (SSSR count). The third-order valence-electron chi connectivity index (χ3n) is 2.69. The third kappa shape index (κ3) is 6.57. The summed E-state index contributed by atoms with van der Waals surface area (Å²) in [7, 11) is 0. The molecular formula is C16H16Cl2Zr. The number of halogens is 2. The van der Waals surface area contributed by atoms with Crippen molar-refractivity contribution in [2.24, 2.45) is 0 Å². The molecule has 0 unspecified atom stereocenters. The van der Waals surface area contributed by atoms with Gasteiger partial charge in [-0.3, -0.25) is 0 Å². The molecule has 0 heterocycles. The van der Waals surface area contributed by atoms with Crippen LogP contribution in [0.5, 0.6) is 0 Å². The minimum absolute atomic E-state index is 0. The van der Waals surface area contributed by atoms with Crippen molar-refractivity contribution in [1.29, 1.82) is 0 Å². The zero-order chi connectivity index (χ0) is 11.2. The average molecular weight is 370 g/mol. The van der Waals surface area contributed by atoms with E-state index in [-0.39, 0.29) is 51.0 Å². The molecule has 0 bridgehead atoms. The molecule has 3 heteroatoms. The molecule has 0 aliphatic rings. The van der Waals surface area contributed by atoms with E-state index in [1.807, 2.05) is 0 Å². The Morgan fingerprint density at radius 2 is 1.68 bits per heavy atom. The van der Waals surface area contributed by atoms with Gasteiger partial charge in [-0.25, -0.2) is 6.07 Å². The summed E-state index contributed by atoms with van der Waals surface area (Å²) in [5.74, 6) is 0. The standard InChI is InChI=1S/C9H7.C7H9.2ClH.Zr/c1-2-5-9-7-3-6-8(9)4-1;1-2-7-5-3-4-6-7;;;/h1-7H;3-6H,2H2,1H3;2*1H;/q2*-1;;;+4/p-2. The summed E-state index contributed by atoms with van der Waals surface area (Å²) in [6.07, 6.45) is 1.16. The van der Waals surface area contributed by atoms with Crippen LogP contribution in [0.4, 0.5) is 0 Å². The Morgan fingerprint density at radius 1 is 0.947 bits per heavy atom. The number of fused-ring (bicyclic) bond motifs is 1. The monoisotopic (exact) mass is 368 g/mol. The molecule has 0 radical (unpaired) electrons. The number of aryl methyl sites for hydroxylation is 1. The largest absolute Gasteiger partial charge is 4.00 e. The van der Waals surface area contributed by atoms with Crippen molar-refractivity contribution >= 4 is 10.8 Å². The molecule has 3 aromatic rings. The second-order valence-electron chi connectivity index (χ2n) is 3.80. The van der Waals surface area contributed by atoms with E-state index in [0.717, 1.165) is 6.42 Å². The second kappa shape index (κ2) is 11.5. The first-order valence-electron chi connectivity index (χ1n) is 5.71. The van der Waals surface area contributed by atoms with Gasteiger partial charge in [0.25, 0.3) is 0 Å². The van der Waals surface area contributed by atoms with Crippen LogP contribution in [-0.4, -0.2) is 0 Å². The molecule has 0 aliphatic heterocycles. The third-order valence-corrected chi connectivity index (χ3v) is 2.69. The average Bonchev–Trinajstić information content (AvgIpc) is 3.01. The van der Waals surface area contributed by atoms with Gasteiger partial charge in [0.05, 0.1) is 0 Å². The van der Waals surface area contributed by atoms with E-state index in [1.54, 1.807) is 0 Å². The molecule has 0 saturated carbocycles. The molecule has 0 fully saturated rings. The summed E-state index contributed by atoms with van der Waals surface area (Å²) >= 11 is 0. The van der Waals surface area contributed by atoms with Crippen LogP contribution in [0.3, 0.4) is 0 Å². The van der Waals surface area contributed by atoms with Crippen molar-refractivity contribution in [3.05, 3.63) is 72.3 Å². The van der Waals surface area contributed by atoms with Crippen molar-refractivity contribution in [3.63, 3.8) is 0 Å². The van der Waals surface area contributed by atoms with Crippen molar-refractivity contribution < 1.29 is 51.0 Å². The predicted molar refractivity (Wildman–Crippen MR) is 71.0 cm³/mol. The summed E-state index contributed by atoms with van der Waals surface area (Å²) in [6.45, 7) is 2.16. The first-order chi connectivity index (χ1) is 7.90. The number of rotatable bonds is 1. The van der Waals surface area contributed by atoms with Crippen molar-refractivity contribution in [1.82, 2.24) is 0 Å². The van der Waals surface area contributed by atoms with Gasteiger partial charge in [-0.1, -0.05) is 19.4 Å². The van der Waals surface area contributed by atoms with Crippen molar-refractivity contribution in [3.8, 4) is 0 Å². The quantitative estimate of drug-likeness (QED) is 0.459. The minimum atomic E-state index is 0. The maximum atomic E-state index is 2.16. The maximum absolute atomic E-state index is 2.16. The van der Waals surface area contributed by atoms with Gasteiger partial charge in [0.2, 0.25) is 0 Å². The summed E-state index contributed by atoms with van der Waals surface area (Å²) in [5, 5.41) is 2.66. The van der Waals surface area contributed by atoms with E-state index in [2.05, 4.69) is 73.7 Å². The van der Waals surface area contributed by atoms with E-state index in [4.69, 9.17) is 0 Å². The van der Waals surface area contributed by atoms with Gasteiger partial charge >= 0.3 is 26.2 Å². The Bertz CT molecular complexity index is 496. The van der Waals surface area contributed by atoms with Crippen LogP contribution >= 0.6 is 0 Å². The molecule has 0 spiro atoms. The molecular weight excluding hydrogens is 354 g/mol. The molecule has 98 valence electrons. The smallest absolute Gasteiger partial charge is 1.00 e. The van der Waals surface area contributed by atoms with Crippen LogP contribution in [0.2, 0.25) is 0 Å². The zero-order valence-corrected chi connectivity index (χ0v) is 14.8. The SMILES string of the molecule is CCc1cc[cH-]c1.[Cl-].[Cl-].[Zr+4].c1ccc2[cH-]ccc2c1. The van der Waals surface area contributed by atoms with Crippen LogP contribution in [0.25, 0.3) is 10.8 Å². The molecule has 19 heavy (non-hydrogen) atoms. The van der Waals surface area contributed by atoms with Gasteiger partial charge in [0.1, 0.15) is 0 Å². The predicted octanol–water partition coefficient (Wildman–Crippen LogP) is -1.47. The Hall–Kier alpha value is -0.357. The topological polar surface area (TPSA) is 0 Å². The first-order valence-corrected chi connectivity index (χ1v) is 5.71. The fourth-order valence-electron chi connectivity index (χ4n) is 1.72. The van der Waals surface area contributed by atoms with E-state index >= 15 is 0 Å². The van der Waals surface area contributed by atoms with Crippen LogP contribution < -0.4 is 24.8 Å². The van der Waals surface area contributed by atoms with Gasteiger partial charge in [0, 0.05) is 0 Å². The van der Waals surface area contributed by atoms with Crippen LogP contribution in [-0.2, 0) is 32.6 Å². The van der Waals surface area contributed by atoms with Crippen molar-refractivity contribution in [2.75, 3.05) is 0 Å². The first kappa shape index (κ1) is 21.0. The van der Waals surface area contributed by atoms with Crippen molar-refractivity contribution in [2.45, 2.75) is 13.3 Å². The molecule has 0 nitrogen and oxygen atoms in total. The Labute approximate surface area is 146 Å². The molecule has 0 saturated heterocycles. The van der Waals surface area contributed by atoms with E-state index < -0.39 is 0 Å².